The zero-order chi connectivity index (χ0) is 23.4. The number of amides is 1. The van der Waals surface area contributed by atoms with Gasteiger partial charge in [0.1, 0.15) is 24.0 Å². The molecule has 0 spiro atoms. The summed E-state index contributed by atoms with van der Waals surface area (Å²) in [6.45, 7) is 1.67. The van der Waals surface area contributed by atoms with Gasteiger partial charge >= 0.3 is 6.09 Å². The molecule has 0 fully saturated rings. The summed E-state index contributed by atoms with van der Waals surface area (Å²) in [6, 6.07) is 21.3. The fourth-order valence-electron chi connectivity index (χ4n) is 3.31. The number of thiophene rings is 1. The summed E-state index contributed by atoms with van der Waals surface area (Å²) in [6.07, 6.45) is -1.39. The van der Waals surface area contributed by atoms with Crippen molar-refractivity contribution in [1.82, 2.24) is 0 Å². The van der Waals surface area contributed by atoms with Crippen molar-refractivity contribution < 1.29 is 18.7 Å². The molecule has 1 aromatic heterocycles. The molecule has 4 rings (SSSR count). The number of nitrogens with one attached hydrogen (secondary N) is 2. The highest BCUT2D eigenvalue weighted by atomic mass is 32.1. The number of ether oxygens (including phenoxy) is 2. The summed E-state index contributed by atoms with van der Waals surface area (Å²) < 4.78 is 26.6. The summed E-state index contributed by atoms with van der Waals surface area (Å²) >= 11 is 1.40. The largest absolute Gasteiger partial charge is 0.481 e. The van der Waals surface area contributed by atoms with Crippen molar-refractivity contribution in [2.75, 3.05) is 11.9 Å². The van der Waals surface area contributed by atoms with Crippen molar-refractivity contribution in [1.29, 1.82) is 5.41 Å². The van der Waals surface area contributed by atoms with Crippen LogP contribution in [-0.2, 0) is 4.74 Å². The van der Waals surface area contributed by atoms with E-state index in [0.29, 0.717) is 10.6 Å². The SMILES string of the molecule is Cc1ccc(NC(=O)OCC(Oc2cccc3sc(C(=N)N)cc23)c2ccccc2)c(F)c1. The van der Waals surface area contributed by atoms with E-state index in [-0.39, 0.29) is 18.1 Å². The highest BCUT2D eigenvalue weighted by Crippen LogP contribution is 2.35. The summed E-state index contributed by atoms with van der Waals surface area (Å²) in [7, 11) is 0. The van der Waals surface area contributed by atoms with Gasteiger partial charge in [0.2, 0.25) is 0 Å². The fraction of sp³-hybridized carbons (Fsp3) is 0.120. The molecule has 8 heteroatoms. The zero-order valence-electron chi connectivity index (χ0n) is 17.8. The molecule has 6 nitrogen and oxygen atoms in total. The van der Waals surface area contributed by atoms with E-state index in [1.807, 2.05) is 54.6 Å². The topological polar surface area (TPSA) is 97.4 Å². The van der Waals surface area contributed by atoms with Crippen LogP contribution >= 0.6 is 11.3 Å². The molecule has 0 aliphatic rings. The molecular formula is C25H22FN3O3S. The third-order valence-corrected chi connectivity index (χ3v) is 6.09. The number of amidine groups is 1. The Morgan fingerprint density at radius 1 is 1.12 bits per heavy atom. The van der Waals surface area contributed by atoms with E-state index < -0.39 is 18.0 Å². The van der Waals surface area contributed by atoms with Gasteiger partial charge in [-0.2, -0.15) is 0 Å². The number of fused-ring (bicyclic) bond motifs is 1. The van der Waals surface area contributed by atoms with Gasteiger partial charge in [0.05, 0.1) is 10.6 Å². The van der Waals surface area contributed by atoms with E-state index in [0.717, 1.165) is 21.2 Å². The molecule has 0 saturated heterocycles. The normalized spacial score (nSPS) is 11.7. The Kier molecular flexibility index (Phi) is 6.55. The second-order valence-corrected chi connectivity index (χ2v) is 8.50. The third kappa shape index (κ3) is 5.30. The smallest absolute Gasteiger partial charge is 0.411 e. The number of halogens is 1. The number of carbonyl (C=O) groups excluding carboxylic acids is 1. The molecule has 4 aromatic rings. The number of anilines is 1. The van der Waals surface area contributed by atoms with Crippen molar-refractivity contribution in [2.24, 2.45) is 5.73 Å². The van der Waals surface area contributed by atoms with Crippen LogP contribution in [0.15, 0.2) is 72.8 Å². The monoisotopic (exact) mass is 463 g/mol. The molecule has 0 bridgehead atoms. The van der Waals surface area contributed by atoms with Crippen molar-refractivity contribution in [3.05, 3.63) is 94.6 Å². The molecule has 1 heterocycles. The Bertz CT molecular complexity index is 1310. The lowest BCUT2D eigenvalue weighted by atomic mass is 10.1. The molecule has 1 atom stereocenters. The van der Waals surface area contributed by atoms with Crippen LogP contribution in [0.1, 0.15) is 22.1 Å². The number of benzene rings is 3. The molecule has 0 saturated carbocycles. The van der Waals surface area contributed by atoms with Crippen LogP contribution < -0.4 is 15.8 Å². The van der Waals surface area contributed by atoms with Crippen LogP contribution in [0.5, 0.6) is 5.75 Å². The first-order valence-corrected chi connectivity index (χ1v) is 11.0. The molecule has 1 amide bonds. The predicted molar refractivity (Wildman–Crippen MR) is 129 cm³/mol. The van der Waals surface area contributed by atoms with Crippen LogP contribution in [0.2, 0.25) is 0 Å². The van der Waals surface area contributed by atoms with Crippen molar-refractivity contribution in [3.8, 4) is 5.75 Å². The summed E-state index contributed by atoms with van der Waals surface area (Å²) in [5.74, 6) is 0.0389. The van der Waals surface area contributed by atoms with Crippen LogP contribution in [-0.4, -0.2) is 18.5 Å². The number of carbonyl (C=O) groups is 1. The van der Waals surface area contributed by atoms with E-state index in [4.69, 9.17) is 20.6 Å². The standard InChI is InChI=1S/C25H22FN3O3S/c1-15-10-11-19(18(26)12-15)29-25(30)31-14-21(16-6-3-2-4-7-16)32-20-8-5-9-22-17(20)13-23(33-22)24(27)28/h2-13,21H,14H2,1H3,(H3,27,28)(H,29,30). The highest BCUT2D eigenvalue weighted by molar-refractivity contribution is 7.20. The highest BCUT2D eigenvalue weighted by Gasteiger charge is 2.19. The number of nitrogens with two attached hydrogens (primary N) is 1. The maximum Gasteiger partial charge on any atom is 0.411 e. The summed E-state index contributed by atoms with van der Waals surface area (Å²) in [5.41, 5.74) is 7.25. The van der Waals surface area contributed by atoms with Crippen molar-refractivity contribution >= 4 is 39.0 Å². The van der Waals surface area contributed by atoms with Gasteiger partial charge in [0, 0.05) is 10.1 Å². The summed E-state index contributed by atoms with van der Waals surface area (Å²) in [5, 5.41) is 10.9. The van der Waals surface area contributed by atoms with Crippen molar-refractivity contribution in [2.45, 2.75) is 13.0 Å². The minimum absolute atomic E-state index is 0.00917. The van der Waals surface area contributed by atoms with Gasteiger partial charge in [-0.3, -0.25) is 10.7 Å². The van der Waals surface area contributed by atoms with Crippen LogP contribution in [0.25, 0.3) is 10.1 Å². The average molecular weight is 464 g/mol. The first-order chi connectivity index (χ1) is 15.9. The van der Waals surface area contributed by atoms with Crippen LogP contribution in [0.4, 0.5) is 14.9 Å². The lowest BCUT2D eigenvalue weighted by molar-refractivity contribution is 0.0909. The molecule has 168 valence electrons. The average Bonchev–Trinajstić information content (AvgIpc) is 3.25. The molecule has 33 heavy (non-hydrogen) atoms. The van der Waals surface area contributed by atoms with E-state index in [1.165, 1.54) is 23.5 Å². The lowest BCUT2D eigenvalue weighted by Gasteiger charge is -2.20. The molecule has 4 N–H and O–H groups in total. The molecule has 0 aliphatic heterocycles. The maximum atomic E-state index is 14.1. The van der Waals surface area contributed by atoms with E-state index in [9.17, 15) is 9.18 Å². The Hall–Kier alpha value is -3.91. The van der Waals surface area contributed by atoms with Gasteiger partial charge in [-0.15, -0.1) is 11.3 Å². The molecule has 0 radical (unpaired) electrons. The Morgan fingerprint density at radius 3 is 2.64 bits per heavy atom. The Labute approximate surface area is 194 Å². The fourth-order valence-corrected chi connectivity index (χ4v) is 4.25. The number of aryl methyl sites for hydroxylation is 1. The first kappa shape index (κ1) is 22.3. The van der Waals surface area contributed by atoms with E-state index in [2.05, 4.69) is 5.32 Å². The Balaban J connectivity index is 1.53. The quantitative estimate of drug-likeness (QED) is 0.231. The minimum atomic E-state index is -0.783. The Morgan fingerprint density at radius 2 is 1.91 bits per heavy atom. The van der Waals surface area contributed by atoms with Gasteiger partial charge in [-0.25, -0.2) is 9.18 Å². The van der Waals surface area contributed by atoms with Gasteiger partial charge in [-0.05, 0) is 48.4 Å². The number of hydrogen-bond donors (Lipinski definition) is 3. The second-order valence-electron chi connectivity index (χ2n) is 7.42. The van der Waals surface area contributed by atoms with Crippen LogP contribution in [0, 0.1) is 18.2 Å². The predicted octanol–water partition coefficient (Wildman–Crippen LogP) is 6.00. The van der Waals surface area contributed by atoms with Gasteiger partial charge in [0.25, 0.3) is 0 Å². The molecule has 3 aromatic carbocycles. The second kappa shape index (κ2) is 9.70. The lowest BCUT2D eigenvalue weighted by Crippen LogP contribution is -2.21. The number of hydrogen-bond acceptors (Lipinski definition) is 5. The molecular weight excluding hydrogens is 441 g/mol. The number of rotatable bonds is 7. The van der Waals surface area contributed by atoms with Gasteiger partial charge < -0.3 is 15.2 Å². The van der Waals surface area contributed by atoms with Crippen molar-refractivity contribution in [3.63, 3.8) is 0 Å². The number of nitrogen functional groups attached to an aromatic ring is 1. The molecule has 1 unspecified atom stereocenters. The maximum absolute atomic E-state index is 14.1. The van der Waals surface area contributed by atoms with E-state index in [1.54, 1.807) is 13.0 Å². The first-order valence-electron chi connectivity index (χ1n) is 10.2. The van der Waals surface area contributed by atoms with Crippen LogP contribution in [0.3, 0.4) is 0 Å². The van der Waals surface area contributed by atoms with Gasteiger partial charge in [-0.1, -0.05) is 42.5 Å². The minimum Gasteiger partial charge on any atom is -0.481 e. The van der Waals surface area contributed by atoms with E-state index >= 15 is 0 Å². The van der Waals surface area contributed by atoms with Gasteiger partial charge in [0.15, 0.2) is 6.10 Å². The third-order valence-electron chi connectivity index (χ3n) is 4.95. The summed E-state index contributed by atoms with van der Waals surface area (Å²) in [4.78, 5) is 13.0. The molecule has 0 aliphatic carbocycles. The zero-order valence-corrected chi connectivity index (χ0v) is 18.6.